The summed E-state index contributed by atoms with van der Waals surface area (Å²) in [6.07, 6.45) is 2.70. The smallest absolute Gasteiger partial charge is 0.306 e. The molecule has 1 N–H and O–H groups in total. The van der Waals surface area contributed by atoms with Crippen LogP contribution in [0.1, 0.15) is 25.4 Å². The van der Waals surface area contributed by atoms with Crippen molar-refractivity contribution in [3.63, 3.8) is 0 Å². The Morgan fingerprint density at radius 3 is 2.93 bits per heavy atom. The van der Waals surface area contributed by atoms with Gasteiger partial charge in [0.05, 0.1) is 17.8 Å². The molecule has 1 aromatic rings. The number of carboxylic acid groups (broad SMARTS) is 1. The molecule has 1 aromatic heterocycles. The van der Waals surface area contributed by atoms with Crippen LogP contribution in [0.4, 0.5) is 0 Å². The van der Waals surface area contributed by atoms with Crippen LogP contribution in [0.15, 0.2) is 6.20 Å². The second-order valence-corrected chi connectivity index (χ2v) is 3.16. The molecule has 1 unspecified atom stereocenters. The Hall–Kier alpha value is -1.52. The molecule has 1 heterocycles. The average Bonchev–Trinajstić information content (AvgIpc) is 2.18. The van der Waals surface area contributed by atoms with Gasteiger partial charge in [-0.15, -0.1) is 5.10 Å². The van der Waals surface area contributed by atoms with Gasteiger partial charge in [-0.05, 0) is 6.42 Å². The third-order valence-corrected chi connectivity index (χ3v) is 1.93. The van der Waals surface area contributed by atoms with Gasteiger partial charge >= 0.3 is 5.97 Å². The number of carbonyl (C=O) groups is 1. The summed E-state index contributed by atoms with van der Waals surface area (Å²) < 4.78 is 0. The van der Waals surface area contributed by atoms with E-state index < -0.39 is 11.9 Å². The van der Waals surface area contributed by atoms with Gasteiger partial charge in [0.1, 0.15) is 0 Å². The van der Waals surface area contributed by atoms with Crippen LogP contribution in [-0.2, 0) is 17.6 Å². The van der Waals surface area contributed by atoms with Gasteiger partial charge in [-0.25, -0.2) is 4.98 Å². The van der Waals surface area contributed by atoms with Crippen LogP contribution in [0.3, 0.4) is 0 Å². The molecule has 76 valence electrons. The topological polar surface area (TPSA) is 76.0 Å². The van der Waals surface area contributed by atoms with Crippen molar-refractivity contribution >= 4 is 5.97 Å². The summed E-state index contributed by atoms with van der Waals surface area (Å²) in [6.45, 7) is 3.60. The molecule has 0 radical (unpaired) electrons. The number of aryl methyl sites for hydroxylation is 1. The molecule has 0 aliphatic carbocycles. The van der Waals surface area contributed by atoms with E-state index in [1.807, 2.05) is 6.92 Å². The van der Waals surface area contributed by atoms with Gasteiger partial charge in [-0.1, -0.05) is 13.8 Å². The number of hydrogen-bond donors (Lipinski definition) is 1. The minimum atomic E-state index is -0.837. The first kappa shape index (κ1) is 10.6. The van der Waals surface area contributed by atoms with E-state index in [9.17, 15) is 4.79 Å². The molecule has 14 heavy (non-hydrogen) atoms. The van der Waals surface area contributed by atoms with E-state index in [2.05, 4.69) is 15.2 Å². The zero-order valence-corrected chi connectivity index (χ0v) is 8.27. The van der Waals surface area contributed by atoms with Crippen molar-refractivity contribution in [3.8, 4) is 0 Å². The van der Waals surface area contributed by atoms with E-state index in [4.69, 9.17) is 5.11 Å². The summed E-state index contributed by atoms with van der Waals surface area (Å²) in [5.74, 6) is -0.807. The number of nitrogens with zero attached hydrogens (tertiary/aromatic N) is 3. The molecule has 0 spiro atoms. The van der Waals surface area contributed by atoms with E-state index >= 15 is 0 Å². The molecule has 0 saturated heterocycles. The molecule has 1 rings (SSSR count). The fourth-order valence-corrected chi connectivity index (χ4v) is 0.997. The van der Waals surface area contributed by atoms with Crippen molar-refractivity contribution in [3.05, 3.63) is 17.7 Å². The van der Waals surface area contributed by atoms with Gasteiger partial charge in [0.15, 0.2) is 5.82 Å². The fraction of sp³-hybridized carbons (Fsp3) is 0.556. The predicted molar refractivity (Wildman–Crippen MR) is 49.7 cm³/mol. The normalized spacial score (nSPS) is 12.4. The highest BCUT2D eigenvalue weighted by Crippen LogP contribution is 2.03. The highest BCUT2D eigenvalue weighted by Gasteiger charge is 2.13. The maximum absolute atomic E-state index is 10.6. The van der Waals surface area contributed by atoms with Gasteiger partial charge in [0, 0.05) is 6.42 Å². The first-order chi connectivity index (χ1) is 6.63. The van der Waals surface area contributed by atoms with Gasteiger partial charge in [0.2, 0.25) is 0 Å². The van der Waals surface area contributed by atoms with E-state index in [-0.39, 0.29) is 0 Å². The number of carboxylic acids is 1. The molecule has 0 saturated carbocycles. The molecule has 0 bridgehead atoms. The lowest BCUT2D eigenvalue weighted by Crippen LogP contribution is -2.15. The number of rotatable bonds is 4. The molecule has 0 fully saturated rings. The van der Waals surface area contributed by atoms with Crippen molar-refractivity contribution in [2.45, 2.75) is 26.7 Å². The van der Waals surface area contributed by atoms with Crippen LogP contribution < -0.4 is 0 Å². The third-order valence-electron chi connectivity index (χ3n) is 1.93. The number of aliphatic carboxylic acids is 1. The first-order valence-corrected chi connectivity index (χ1v) is 4.53. The molecular weight excluding hydrogens is 182 g/mol. The van der Waals surface area contributed by atoms with Gasteiger partial charge in [-0.2, -0.15) is 5.10 Å². The van der Waals surface area contributed by atoms with Gasteiger partial charge in [-0.3, -0.25) is 4.79 Å². The molecule has 1 atom stereocenters. The van der Waals surface area contributed by atoms with Crippen LogP contribution in [0.2, 0.25) is 0 Å². The Morgan fingerprint density at radius 1 is 1.64 bits per heavy atom. The lowest BCUT2D eigenvalue weighted by molar-refractivity contribution is -0.141. The minimum Gasteiger partial charge on any atom is -0.481 e. The quantitative estimate of drug-likeness (QED) is 0.765. The monoisotopic (exact) mass is 195 g/mol. The van der Waals surface area contributed by atoms with E-state index in [1.54, 1.807) is 13.1 Å². The number of hydrogen-bond acceptors (Lipinski definition) is 4. The summed E-state index contributed by atoms with van der Waals surface area (Å²) in [7, 11) is 0. The summed E-state index contributed by atoms with van der Waals surface area (Å²) in [5, 5.41) is 16.2. The molecule has 5 heteroatoms. The van der Waals surface area contributed by atoms with E-state index in [1.165, 1.54) is 0 Å². The standard InChI is InChI=1S/C9H13N3O2/c1-3-7-5-10-12-8(11-7)4-6(2)9(13)14/h5-6H,3-4H2,1-2H3,(H,13,14). The largest absolute Gasteiger partial charge is 0.481 e. The Labute approximate surface area is 82.2 Å². The van der Waals surface area contributed by atoms with Crippen molar-refractivity contribution in [1.82, 2.24) is 15.2 Å². The maximum Gasteiger partial charge on any atom is 0.306 e. The minimum absolute atomic E-state index is 0.330. The summed E-state index contributed by atoms with van der Waals surface area (Å²) >= 11 is 0. The SMILES string of the molecule is CCc1cnnc(CC(C)C(=O)O)n1. The Balaban J connectivity index is 2.71. The Morgan fingerprint density at radius 2 is 2.36 bits per heavy atom. The van der Waals surface area contributed by atoms with Crippen LogP contribution in [0.25, 0.3) is 0 Å². The summed E-state index contributed by atoms with van der Waals surface area (Å²) in [6, 6.07) is 0. The van der Waals surface area contributed by atoms with Crippen molar-refractivity contribution < 1.29 is 9.90 Å². The summed E-state index contributed by atoms with van der Waals surface area (Å²) in [4.78, 5) is 14.8. The molecule has 0 aliphatic rings. The highest BCUT2D eigenvalue weighted by molar-refractivity contribution is 5.69. The predicted octanol–water partition coefficient (Wildman–Crippen LogP) is 0.697. The van der Waals surface area contributed by atoms with Gasteiger partial charge < -0.3 is 5.11 Å². The summed E-state index contributed by atoms with van der Waals surface area (Å²) in [5.41, 5.74) is 0.840. The first-order valence-electron chi connectivity index (χ1n) is 4.53. The van der Waals surface area contributed by atoms with Gasteiger partial charge in [0.25, 0.3) is 0 Å². The zero-order chi connectivity index (χ0) is 10.6. The Bertz CT molecular complexity index is 328. The fourth-order valence-electron chi connectivity index (χ4n) is 0.997. The van der Waals surface area contributed by atoms with E-state index in [0.29, 0.717) is 12.2 Å². The molecular formula is C9H13N3O2. The van der Waals surface area contributed by atoms with Crippen LogP contribution in [0.5, 0.6) is 0 Å². The Kier molecular flexibility index (Phi) is 3.50. The maximum atomic E-state index is 10.6. The molecule has 0 aliphatic heterocycles. The molecule has 5 nitrogen and oxygen atoms in total. The second-order valence-electron chi connectivity index (χ2n) is 3.16. The van der Waals surface area contributed by atoms with Crippen LogP contribution in [0, 0.1) is 5.92 Å². The average molecular weight is 195 g/mol. The third kappa shape index (κ3) is 2.76. The van der Waals surface area contributed by atoms with E-state index in [0.717, 1.165) is 12.1 Å². The lowest BCUT2D eigenvalue weighted by Gasteiger charge is -2.04. The van der Waals surface area contributed by atoms with Crippen LogP contribution in [-0.4, -0.2) is 26.3 Å². The van der Waals surface area contributed by atoms with Crippen molar-refractivity contribution in [2.75, 3.05) is 0 Å². The molecule has 0 amide bonds. The van der Waals surface area contributed by atoms with Crippen LogP contribution >= 0.6 is 0 Å². The van der Waals surface area contributed by atoms with Crippen molar-refractivity contribution in [1.29, 1.82) is 0 Å². The number of aromatic nitrogens is 3. The lowest BCUT2D eigenvalue weighted by atomic mass is 10.1. The zero-order valence-electron chi connectivity index (χ0n) is 8.27. The second kappa shape index (κ2) is 4.64. The van der Waals surface area contributed by atoms with Crippen molar-refractivity contribution in [2.24, 2.45) is 5.92 Å². The molecule has 0 aromatic carbocycles. The highest BCUT2D eigenvalue weighted by atomic mass is 16.4.